The van der Waals surface area contributed by atoms with Crippen LogP contribution in [0.4, 0.5) is 5.69 Å². The van der Waals surface area contributed by atoms with Crippen LogP contribution in [-0.2, 0) is 4.79 Å². The molecule has 1 amide bonds. The summed E-state index contributed by atoms with van der Waals surface area (Å²) in [5.74, 6) is -0.903. The lowest BCUT2D eigenvalue weighted by molar-refractivity contribution is -0.113. The first kappa shape index (κ1) is 20.9. The number of rotatable bonds is 4. The molecule has 0 atom stereocenters. The number of aliphatic imine (C=N–C) groups is 1. The monoisotopic (exact) mass is 474 g/mol. The molecule has 162 valence electrons. The largest absolute Gasteiger partial charge is 0.508 e. The van der Waals surface area contributed by atoms with E-state index in [-0.39, 0.29) is 22.9 Å². The predicted octanol–water partition coefficient (Wildman–Crippen LogP) is 5.79. The molecule has 8 heteroatoms. The Morgan fingerprint density at radius 2 is 1.70 bits per heavy atom. The van der Waals surface area contributed by atoms with Crippen LogP contribution >= 0.6 is 22.9 Å². The van der Waals surface area contributed by atoms with Gasteiger partial charge in [-0.2, -0.15) is 0 Å². The Bertz CT molecular complexity index is 1470. The van der Waals surface area contributed by atoms with Gasteiger partial charge in [-0.15, -0.1) is 11.3 Å². The molecule has 1 aromatic heterocycles. The SMILES string of the molecule is O=C(O)c1ccc(/C=C2/N=C(c3sc4ccccc4c3Cl)N(c3ccc(O)cc3)C2=O)cc1. The maximum Gasteiger partial charge on any atom is 0.335 e. The van der Waals surface area contributed by atoms with E-state index in [1.165, 1.54) is 40.5 Å². The molecule has 4 aromatic rings. The summed E-state index contributed by atoms with van der Waals surface area (Å²) in [7, 11) is 0. The summed E-state index contributed by atoms with van der Waals surface area (Å²) in [5, 5.41) is 20.2. The van der Waals surface area contributed by atoms with Crippen molar-refractivity contribution >= 4 is 62.5 Å². The van der Waals surface area contributed by atoms with Crippen molar-refractivity contribution in [3.63, 3.8) is 0 Å². The van der Waals surface area contributed by atoms with E-state index in [4.69, 9.17) is 16.7 Å². The number of phenolic OH excluding ortho intramolecular Hbond substituents is 1. The molecule has 6 nitrogen and oxygen atoms in total. The van der Waals surface area contributed by atoms with Crippen molar-refractivity contribution in [2.45, 2.75) is 0 Å². The first-order chi connectivity index (χ1) is 15.9. The smallest absolute Gasteiger partial charge is 0.335 e. The number of carboxylic acid groups (broad SMARTS) is 1. The fourth-order valence-corrected chi connectivity index (χ4v) is 5.04. The van der Waals surface area contributed by atoms with E-state index in [0.29, 0.717) is 27.0 Å². The molecule has 1 aliphatic heterocycles. The van der Waals surface area contributed by atoms with Gasteiger partial charge in [-0.3, -0.25) is 9.69 Å². The Morgan fingerprint density at radius 1 is 1.00 bits per heavy atom. The number of aromatic hydroxyl groups is 1. The summed E-state index contributed by atoms with van der Waals surface area (Å²) in [5.41, 5.74) is 1.52. The zero-order chi connectivity index (χ0) is 23.1. The quantitative estimate of drug-likeness (QED) is 0.366. The number of aromatic carboxylic acids is 1. The Morgan fingerprint density at radius 3 is 2.36 bits per heavy atom. The zero-order valence-corrected chi connectivity index (χ0v) is 18.5. The summed E-state index contributed by atoms with van der Waals surface area (Å²) in [6, 6.07) is 20.1. The average Bonchev–Trinajstić information content (AvgIpc) is 3.32. The molecule has 0 saturated carbocycles. The van der Waals surface area contributed by atoms with Crippen LogP contribution in [0, 0.1) is 0 Å². The molecule has 33 heavy (non-hydrogen) atoms. The number of carboxylic acids is 1. The van der Waals surface area contributed by atoms with Crippen molar-refractivity contribution in [1.29, 1.82) is 0 Å². The van der Waals surface area contributed by atoms with Crippen molar-refractivity contribution in [3.05, 3.63) is 99.5 Å². The normalized spacial score (nSPS) is 14.8. The summed E-state index contributed by atoms with van der Waals surface area (Å²) in [6.45, 7) is 0. The highest BCUT2D eigenvalue weighted by atomic mass is 35.5. The van der Waals surface area contributed by atoms with Crippen molar-refractivity contribution in [3.8, 4) is 5.75 Å². The second-order valence-electron chi connectivity index (χ2n) is 7.29. The van der Waals surface area contributed by atoms with Crippen LogP contribution in [0.2, 0.25) is 5.02 Å². The van der Waals surface area contributed by atoms with Gasteiger partial charge in [0.1, 0.15) is 11.4 Å². The maximum atomic E-state index is 13.4. The molecule has 0 aliphatic carbocycles. The van der Waals surface area contributed by atoms with Gasteiger partial charge in [0.05, 0.1) is 21.2 Å². The number of halogens is 1. The van der Waals surface area contributed by atoms with E-state index >= 15 is 0 Å². The molecule has 0 spiro atoms. The van der Waals surface area contributed by atoms with Gasteiger partial charge in [0.25, 0.3) is 5.91 Å². The molecule has 5 rings (SSSR count). The molecule has 2 N–H and O–H groups in total. The number of hydrogen-bond donors (Lipinski definition) is 2. The van der Waals surface area contributed by atoms with Gasteiger partial charge in [0, 0.05) is 10.1 Å². The van der Waals surface area contributed by atoms with Crippen LogP contribution in [0.1, 0.15) is 20.8 Å². The molecule has 3 aromatic carbocycles. The highest BCUT2D eigenvalue weighted by molar-refractivity contribution is 7.21. The Hall–Kier alpha value is -3.94. The lowest BCUT2D eigenvalue weighted by Gasteiger charge is -2.18. The number of thiophene rings is 1. The number of carbonyl (C=O) groups excluding carboxylic acids is 1. The summed E-state index contributed by atoms with van der Waals surface area (Å²) >= 11 is 8.13. The van der Waals surface area contributed by atoms with Gasteiger partial charge in [-0.05, 0) is 54.1 Å². The third-order valence-electron chi connectivity index (χ3n) is 5.17. The van der Waals surface area contributed by atoms with Crippen LogP contribution in [0.15, 0.2) is 83.5 Å². The van der Waals surface area contributed by atoms with Crippen molar-refractivity contribution in [2.75, 3.05) is 4.90 Å². The average molecular weight is 475 g/mol. The number of nitrogens with zero attached hydrogens (tertiary/aromatic N) is 2. The van der Waals surface area contributed by atoms with Crippen LogP contribution in [0.25, 0.3) is 16.2 Å². The minimum absolute atomic E-state index is 0.0815. The van der Waals surface area contributed by atoms with E-state index in [1.54, 1.807) is 30.3 Å². The van der Waals surface area contributed by atoms with Crippen LogP contribution in [0.3, 0.4) is 0 Å². The maximum absolute atomic E-state index is 13.4. The van der Waals surface area contributed by atoms with Gasteiger partial charge in [-0.25, -0.2) is 9.79 Å². The highest BCUT2D eigenvalue weighted by Crippen LogP contribution is 2.39. The topological polar surface area (TPSA) is 90.2 Å². The molecule has 0 saturated heterocycles. The second kappa shape index (κ2) is 8.20. The fourth-order valence-electron chi connectivity index (χ4n) is 3.55. The first-order valence-electron chi connectivity index (χ1n) is 9.87. The molecule has 1 aliphatic rings. The fraction of sp³-hybridized carbons (Fsp3) is 0. The van der Waals surface area contributed by atoms with E-state index in [2.05, 4.69) is 4.99 Å². The minimum atomic E-state index is -1.02. The number of fused-ring (bicyclic) bond motifs is 1. The van der Waals surface area contributed by atoms with Gasteiger partial charge in [0.2, 0.25) is 0 Å². The van der Waals surface area contributed by atoms with Crippen molar-refractivity contribution in [2.24, 2.45) is 4.99 Å². The van der Waals surface area contributed by atoms with E-state index in [1.807, 2.05) is 24.3 Å². The van der Waals surface area contributed by atoms with Gasteiger partial charge in [-0.1, -0.05) is 41.9 Å². The molecule has 0 bridgehead atoms. The van der Waals surface area contributed by atoms with Crippen LogP contribution in [0.5, 0.6) is 5.75 Å². The van der Waals surface area contributed by atoms with E-state index < -0.39 is 5.97 Å². The number of amidine groups is 1. The van der Waals surface area contributed by atoms with Crippen molar-refractivity contribution < 1.29 is 19.8 Å². The number of amides is 1. The van der Waals surface area contributed by atoms with Gasteiger partial charge in [0.15, 0.2) is 5.84 Å². The number of phenols is 1. The Kier molecular flexibility index (Phi) is 5.20. The van der Waals surface area contributed by atoms with E-state index in [0.717, 1.165) is 10.1 Å². The molecule has 0 fully saturated rings. The van der Waals surface area contributed by atoms with Crippen LogP contribution in [-0.4, -0.2) is 27.9 Å². The molecule has 2 heterocycles. The molecular formula is C25H15ClN2O4S. The molecule has 0 radical (unpaired) electrons. The predicted molar refractivity (Wildman–Crippen MR) is 130 cm³/mol. The summed E-state index contributed by atoms with van der Waals surface area (Å²) < 4.78 is 0.972. The zero-order valence-electron chi connectivity index (χ0n) is 16.9. The lowest BCUT2D eigenvalue weighted by Crippen LogP contribution is -2.32. The Labute approximate surface area is 197 Å². The number of benzene rings is 3. The Balaban J connectivity index is 1.64. The van der Waals surface area contributed by atoms with Gasteiger partial charge >= 0.3 is 5.97 Å². The third kappa shape index (κ3) is 3.77. The lowest BCUT2D eigenvalue weighted by atomic mass is 10.1. The standard InChI is InChI=1S/C25H15ClN2O4S/c26-21-18-3-1-2-4-20(18)33-22(21)23-27-19(13-14-5-7-15(8-6-14)25(31)32)24(30)28(23)16-9-11-17(29)12-10-16/h1-13,29H,(H,31,32)/b19-13+. The molecular weight excluding hydrogens is 460 g/mol. The summed E-state index contributed by atoms with van der Waals surface area (Å²) in [4.78, 5) is 31.3. The van der Waals surface area contributed by atoms with E-state index in [9.17, 15) is 14.7 Å². The minimum Gasteiger partial charge on any atom is -0.508 e. The summed E-state index contributed by atoms with van der Waals surface area (Å²) in [6.07, 6.45) is 1.61. The van der Waals surface area contributed by atoms with Gasteiger partial charge < -0.3 is 10.2 Å². The number of hydrogen-bond acceptors (Lipinski definition) is 5. The first-order valence-corrected chi connectivity index (χ1v) is 11.1. The highest BCUT2D eigenvalue weighted by Gasteiger charge is 2.35. The number of carbonyl (C=O) groups is 2. The van der Waals surface area contributed by atoms with Crippen LogP contribution < -0.4 is 4.90 Å². The third-order valence-corrected chi connectivity index (χ3v) is 6.84. The van der Waals surface area contributed by atoms with Crippen molar-refractivity contribution in [1.82, 2.24) is 0 Å². The second-order valence-corrected chi connectivity index (χ2v) is 8.72. The molecule has 0 unspecified atom stereocenters. The number of anilines is 1.